The molecule has 0 saturated heterocycles. The summed E-state index contributed by atoms with van der Waals surface area (Å²) in [5.74, 6) is 2.30. The Hall–Kier alpha value is -2.75. The molecule has 0 aliphatic carbocycles. The number of ether oxygens (including phenoxy) is 3. The maximum Gasteiger partial charge on any atom is 0.343 e. The Morgan fingerprint density at radius 3 is 2.21 bits per heavy atom. The summed E-state index contributed by atoms with van der Waals surface area (Å²) in [5, 5.41) is 0. The van der Waals surface area contributed by atoms with Crippen LogP contribution in [0.15, 0.2) is 60.9 Å². The standard InChI is InChI=1S/C29H40O4/c1-4-6-7-8-9-10-11-22-31-27-18-20-28(21-19-27)33-29(30)25-14-16-26(17-15-25)32-23-12-13-24(3)5-2/h11,14-22,24H,4-10,12-13,23H2,1-3H3. The fourth-order valence-electron chi connectivity index (χ4n) is 3.33. The van der Waals surface area contributed by atoms with Crippen molar-refractivity contribution in [2.75, 3.05) is 6.61 Å². The monoisotopic (exact) mass is 452 g/mol. The maximum absolute atomic E-state index is 12.4. The third-order valence-corrected chi connectivity index (χ3v) is 5.71. The summed E-state index contributed by atoms with van der Waals surface area (Å²) in [6, 6.07) is 14.2. The number of esters is 1. The minimum atomic E-state index is -0.394. The van der Waals surface area contributed by atoms with E-state index < -0.39 is 5.97 Å². The Balaban J connectivity index is 1.70. The van der Waals surface area contributed by atoms with E-state index in [1.807, 2.05) is 12.1 Å². The molecule has 4 nitrogen and oxygen atoms in total. The number of carbonyl (C=O) groups excluding carboxylic acids is 1. The van der Waals surface area contributed by atoms with E-state index in [0.29, 0.717) is 23.7 Å². The van der Waals surface area contributed by atoms with Gasteiger partial charge in [-0.1, -0.05) is 52.9 Å². The molecule has 0 spiro atoms. The van der Waals surface area contributed by atoms with Crippen molar-refractivity contribution < 1.29 is 19.0 Å². The van der Waals surface area contributed by atoms with E-state index in [1.165, 1.54) is 44.9 Å². The van der Waals surface area contributed by atoms with Crippen LogP contribution in [0.3, 0.4) is 0 Å². The fraction of sp³-hybridized carbons (Fsp3) is 0.483. The van der Waals surface area contributed by atoms with Crippen LogP contribution >= 0.6 is 0 Å². The summed E-state index contributed by atoms with van der Waals surface area (Å²) in [6.07, 6.45) is 14.6. The quantitative estimate of drug-likeness (QED) is 0.111. The van der Waals surface area contributed by atoms with E-state index in [2.05, 4.69) is 26.8 Å². The molecule has 2 rings (SSSR count). The normalized spacial score (nSPS) is 12.0. The lowest BCUT2D eigenvalue weighted by molar-refractivity contribution is 0.0734. The fourth-order valence-corrected chi connectivity index (χ4v) is 3.33. The van der Waals surface area contributed by atoms with Crippen LogP contribution in [0.2, 0.25) is 0 Å². The maximum atomic E-state index is 12.4. The van der Waals surface area contributed by atoms with Crippen LogP contribution in [0.1, 0.15) is 88.9 Å². The highest BCUT2D eigenvalue weighted by Gasteiger charge is 2.09. The molecule has 2 aromatic rings. The average molecular weight is 453 g/mol. The molecule has 0 aliphatic heterocycles. The molecular formula is C29H40O4. The van der Waals surface area contributed by atoms with Crippen LogP contribution in [0.25, 0.3) is 0 Å². The van der Waals surface area contributed by atoms with Crippen LogP contribution in [0.4, 0.5) is 0 Å². The molecule has 0 heterocycles. The number of carbonyl (C=O) groups is 1. The first-order valence-electron chi connectivity index (χ1n) is 12.5. The van der Waals surface area contributed by atoms with Crippen molar-refractivity contribution in [2.24, 2.45) is 5.92 Å². The van der Waals surface area contributed by atoms with E-state index >= 15 is 0 Å². The second-order valence-corrected chi connectivity index (χ2v) is 8.58. The van der Waals surface area contributed by atoms with Gasteiger partial charge in [-0.3, -0.25) is 0 Å². The first-order chi connectivity index (χ1) is 16.1. The highest BCUT2D eigenvalue weighted by Crippen LogP contribution is 2.20. The molecule has 4 heteroatoms. The van der Waals surface area contributed by atoms with Gasteiger partial charge in [-0.05, 0) is 86.2 Å². The number of hydrogen-bond acceptors (Lipinski definition) is 4. The van der Waals surface area contributed by atoms with Crippen molar-refractivity contribution in [3.8, 4) is 17.2 Å². The summed E-state index contributed by atoms with van der Waals surface area (Å²) >= 11 is 0. The van der Waals surface area contributed by atoms with Gasteiger partial charge in [0.1, 0.15) is 17.2 Å². The van der Waals surface area contributed by atoms with Crippen molar-refractivity contribution >= 4 is 5.97 Å². The van der Waals surface area contributed by atoms with Gasteiger partial charge in [0.15, 0.2) is 0 Å². The van der Waals surface area contributed by atoms with Crippen molar-refractivity contribution in [1.29, 1.82) is 0 Å². The van der Waals surface area contributed by atoms with Gasteiger partial charge in [0.05, 0.1) is 18.4 Å². The van der Waals surface area contributed by atoms with Gasteiger partial charge in [-0.15, -0.1) is 0 Å². The van der Waals surface area contributed by atoms with Crippen LogP contribution in [-0.4, -0.2) is 12.6 Å². The zero-order chi connectivity index (χ0) is 23.7. The third-order valence-electron chi connectivity index (χ3n) is 5.71. The lowest BCUT2D eigenvalue weighted by atomic mass is 10.0. The molecular weight excluding hydrogens is 412 g/mol. The van der Waals surface area contributed by atoms with Crippen molar-refractivity contribution in [1.82, 2.24) is 0 Å². The SMILES string of the molecule is CCCCCCCC=COc1ccc(OC(=O)c2ccc(OCCCC(C)CC)cc2)cc1. The smallest absolute Gasteiger partial charge is 0.343 e. The zero-order valence-electron chi connectivity index (χ0n) is 20.6. The van der Waals surface area contributed by atoms with E-state index in [4.69, 9.17) is 14.2 Å². The third kappa shape index (κ3) is 11.1. The molecule has 0 fully saturated rings. The Labute approximate surface area is 200 Å². The zero-order valence-corrected chi connectivity index (χ0v) is 20.6. The Kier molecular flexibility index (Phi) is 12.8. The lowest BCUT2D eigenvalue weighted by Crippen LogP contribution is -2.08. The molecule has 0 bridgehead atoms. The van der Waals surface area contributed by atoms with Gasteiger partial charge >= 0.3 is 5.97 Å². The molecule has 1 atom stereocenters. The van der Waals surface area contributed by atoms with Crippen molar-refractivity contribution in [3.63, 3.8) is 0 Å². The summed E-state index contributed by atoms with van der Waals surface area (Å²) in [5.41, 5.74) is 0.490. The molecule has 0 amide bonds. The highest BCUT2D eigenvalue weighted by molar-refractivity contribution is 5.91. The largest absolute Gasteiger partial charge is 0.494 e. The van der Waals surface area contributed by atoms with E-state index in [-0.39, 0.29) is 0 Å². The molecule has 180 valence electrons. The molecule has 0 saturated carbocycles. The van der Waals surface area contributed by atoms with E-state index in [1.54, 1.807) is 42.7 Å². The molecule has 33 heavy (non-hydrogen) atoms. The Morgan fingerprint density at radius 1 is 0.848 bits per heavy atom. The first kappa shape index (κ1) is 26.5. The molecule has 1 unspecified atom stereocenters. The topological polar surface area (TPSA) is 44.8 Å². The van der Waals surface area contributed by atoms with Gasteiger partial charge in [-0.2, -0.15) is 0 Å². The lowest BCUT2D eigenvalue weighted by Gasteiger charge is -2.10. The number of unbranched alkanes of at least 4 members (excludes halogenated alkanes) is 5. The van der Waals surface area contributed by atoms with Crippen LogP contribution in [0, 0.1) is 5.92 Å². The summed E-state index contributed by atoms with van der Waals surface area (Å²) < 4.78 is 16.8. The van der Waals surface area contributed by atoms with E-state index in [0.717, 1.165) is 24.5 Å². The predicted molar refractivity (Wildman–Crippen MR) is 135 cm³/mol. The summed E-state index contributed by atoms with van der Waals surface area (Å²) in [4.78, 5) is 12.4. The first-order valence-corrected chi connectivity index (χ1v) is 12.5. The second-order valence-electron chi connectivity index (χ2n) is 8.58. The second kappa shape index (κ2) is 16.0. The minimum absolute atomic E-state index is 0.394. The van der Waals surface area contributed by atoms with Crippen LogP contribution in [-0.2, 0) is 0 Å². The minimum Gasteiger partial charge on any atom is -0.494 e. The van der Waals surface area contributed by atoms with E-state index in [9.17, 15) is 4.79 Å². The number of allylic oxidation sites excluding steroid dienone is 1. The van der Waals surface area contributed by atoms with Gasteiger partial charge < -0.3 is 14.2 Å². The molecule has 0 aliphatic rings. The van der Waals surface area contributed by atoms with Gasteiger partial charge in [-0.25, -0.2) is 4.79 Å². The average Bonchev–Trinajstić information content (AvgIpc) is 2.84. The van der Waals surface area contributed by atoms with Gasteiger partial charge in [0, 0.05) is 0 Å². The Bertz CT molecular complexity index is 809. The highest BCUT2D eigenvalue weighted by atomic mass is 16.5. The molecule has 0 N–H and O–H groups in total. The summed E-state index contributed by atoms with van der Waals surface area (Å²) in [6.45, 7) is 7.39. The van der Waals surface area contributed by atoms with Crippen LogP contribution in [0.5, 0.6) is 17.2 Å². The van der Waals surface area contributed by atoms with Crippen molar-refractivity contribution in [2.45, 2.75) is 78.6 Å². The number of hydrogen-bond donors (Lipinski definition) is 0. The number of benzene rings is 2. The number of rotatable bonds is 16. The predicted octanol–water partition coefficient (Wildman–Crippen LogP) is 8.36. The Morgan fingerprint density at radius 2 is 1.52 bits per heavy atom. The van der Waals surface area contributed by atoms with Gasteiger partial charge in [0.2, 0.25) is 0 Å². The van der Waals surface area contributed by atoms with Crippen LogP contribution < -0.4 is 14.2 Å². The van der Waals surface area contributed by atoms with Gasteiger partial charge in [0.25, 0.3) is 0 Å². The summed E-state index contributed by atoms with van der Waals surface area (Å²) in [7, 11) is 0. The molecule has 0 radical (unpaired) electrons. The van der Waals surface area contributed by atoms with Crippen molar-refractivity contribution in [3.05, 3.63) is 66.4 Å². The molecule has 2 aromatic carbocycles. The molecule has 0 aromatic heterocycles.